The van der Waals surface area contributed by atoms with Crippen LogP contribution in [0.5, 0.6) is 0 Å². The lowest BCUT2D eigenvalue weighted by atomic mass is 10.1. The van der Waals surface area contributed by atoms with E-state index in [9.17, 15) is 9.59 Å². The maximum Gasteiger partial charge on any atom is 0.272 e. The van der Waals surface area contributed by atoms with Gasteiger partial charge in [-0.25, -0.2) is 0 Å². The van der Waals surface area contributed by atoms with Gasteiger partial charge < -0.3 is 15.5 Å². The zero-order valence-electron chi connectivity index (χ0n) is 17.9. The summed E-state index contributed by atoms with van der Waals surface area (Å²) in [4.78, 5) is 27.9. The Morgan fingerprint density at radius 2 is 1.69 bits per heavy atom. The molecule has 3 rings (SSSR count). The van der Waals surface area contributed by atoms with Crippen molar-refractivity contribution < 1.29 is 9.59 Å². The number of nitrogens with zero attached hydrogens (tertiary/aromatic N) is 1. The third-order valence-corrected chi connectivity index (χ3v) is 5.86. The molecule has 0 spiro atoms. The van der Waals surface area contributed by atoms with E-state index in [0.29, 0.717) is 20.7 Å². The molecule has 0 fully saturated rings. The van der Waals surface area contributed by atoms with Crippen LogP contribution < -0.4 is 15.5 Å². The minimum absolute atomic E-state index is 0.111. The number of hydrogen-bond acceptors (Lipinski definition) is 3. The molecule has 0 heterocycles. The number of amides is 2. The monoisotopic (exact) mass is 511 g/mol. The van der Waals surface area contributed by atoms with Crippen LogP contribution >= 0.6 is 27.5 Å². The van der Waals surface area contributed by atoms with Crippen LogP contribution in [-0.2, 0) is 4.79 Å². The predicted octanol–water partition coefficient (Wildman–Crippen LogP) is 5.89. The summed E-state index contributed by atoms with van der Waals surface area (Å²) < 4.78 is 0.637. The fraction of sp³-hybridized carbons (Fsp3) is 0.120. The van der Waals surface area contributed by atoms with Gasteiger partial charge in [-0.1, -0.05) is 41.9 Å². The van der Waals surface area contributed by atoms with E-state index in [-0.39, 0.29) is 5.70 Å². The predicted molar refractivity (Wildman–Crippen MR) is 135 cm³/mol. The number of rotatable bonds is 6. The summed E-state index contributed by atoms with van der Waals surface area (Å²) in [5, 5.41) is 6.09. The summed E-state index contributed by atoms with van der Waals surface area (Å²) in [5.41, 5.74) is 3.78. The van der Waals surface area contributed by atoms with E-state index in [1.807, 2.05) is 62.3 Å². The van der Waals surface area contributed by atoms with Crippen molar-refractivity contribution in [2.75, 3.05) is 24.3 Å². The standard InChI is InChI=1S/C25H23BrClN3O2/c1-16-8-11-18(15-22(16)27)28-25(32)23(14-17-9-12-19(13-10-17)30(2)3)29-24(31)20-6-4-5-7-21(20)26/h4-15H,1-3H3,(H,28,32)(H,29,31)/b23-14+. The third-order valence-electron chi connectivity index (χ3n) is 4.76. The Balaban J connectivity index is 1.92. The molecule has 0 aliphatic rings. The van der Waals surface area contributed by atoms with Crippen LogP contribution in [-0.4, -0.2) is 25.9 Å². The van der Waals surface area contributed by atoms with Crippen LogP contribution in [0, 0.1) is 6.92 Å². The topological polar surface area (TPSA) is 61.4 Å². The molecule has 0 bridgehead atoms. The van der Waals surface area contributed by atoms with Crippen molar-refractivity contribution in [2.24, 2.45) is 0 Å². The normalized spacial score (nSPS) is 11.1. The Morgan fingerprint density at radius 1 is 1.00 bits per heavy atom. The summed E-state index contributed by atoms with van der Waals surface area (Å²) >= 11 is 9.56. The highest BCUT2D eigenvalue weighted by Crippen LogP contribution is 2.21. The first-order valence-electron chi connectivity index (χ1n) is 9.87. The molecule has 0 atom stereocenters. The zero-order valence-corrected chi connectivity index (χ0v) is 20.3. The van der Waals surface area contributed by atoms with Crippen molar-refractivity contribution in [1.82, 2.24) is 5.32 Å². The Hall–Kier alpha value is -3.09. The molecule has 0 aliphatic carbocycles. The maximum atomic E-state index is 13.1. The van der Waals surface area contributed by atoms with Gasteiger partial charge in [-0.3, -0.25) is 9.59 Å². The lowest BCUT2D eigenvalue weighted by Gasteiger charge is -2.14. The second-order valence-corrected chi connectivity index (χ2v) is 8.66. The van der Waals surface area contributed by atoms with Gasteiger partial charge in [0.15, 0.2) is 0 Å². The Labute approximate surface area is 201 Å². The average molecular weight is 513 g/mol. The Morgan fingerprint density at radius 3 is 2.31 bits per heavy atom. The van der Waals surface area contributed by atoms with Crippen molar-refractivity contribution in [1.29, 1.82) is 0 Å². The second kappa shape index (κ2) is 10.5. The third kappa shape index (κ3) is 5.99. The van der Waals surface area contributed by atoms with Crippen LogP contribution in [0.3, 0.4) is 0 Å². The van der Waals surface area contributed by atoms with Gasteiger partial charge in [0.2, 0.25) is 0 Å². The molecule has 3 aromatic rings. The van der Waals surface area contributed by atoms with Gasteiger partial charge in [-0.2, -0.15) is 0 Å². The van der Waals surface area contributed by atoms with E-state index in [1.54, 1.807) is 36.4 Å². The molecule has 32 heavy (non-hydrogen) atoms. The summed E-state index contributed by atoms with van der Waals surface area (Å²) in [5.74, 6) is -0.854. The van der Waals surface area contributed by atoms with Crippen molar-refractivity contribution in [3.05, 3.63) is 98.6 Å². The van der Waals surface area contributed by atoms with Crippen molar-refractivity contribution in [3.63, 3.8) is 0 Å². The first kappa shape index (κ1) is 23.6. The molecule has 0 aromatic heterocycles. The summed E-state index contributed by atoms with van der Waals surface area (Å²) in [6.07, 6.45) is 1.64. The van der Waals surface area contributed by atoms with Crippen molar-refractivity contribution in [3.8, 4) is 0 Å². The van der Waals surface area contributed by atoms with E-state index >= 15 is 0 Å². The fourth-order valence-electron chi connectivity index (χ4n) is 2.90. The molecule has 0 unspecified atom stereocenters. The summed E-state index contributed by atoms with van der Waals surface area (Å²) in [7, 11) is 3.91. The fourth-order valence-corrected chi connectivity index (χ4v) is 3.54. The Kier molecular flexibility index (Phi) is 7.72. The smallest absolute Gasteiger partial charge is 0.272 e. The molecule has 0 radical (unpaired) electrons. The molecule has 5 nitrogen and oxygen atoms in total. The first-order chi connectivity index (χ1) is 15.2. The van der Waals surface area contributed by atoms with Gasteiger partial charge in [-0.05, 0) is 76.5 Å². The zero-order chi connectivity index (χ0) is 23.3. The molecule has 7 heteroatoms. The second-order valence-electron chi connectivity index (χ2n) is 7.40. The molecule has 2 amide bonds. The number of benzene rings is 3. The molecule has 164 valence electrons. The number of halogens is 2. The summed E-state index contributed by atoms with van der Waals surface area (Å²) in [6.45, 7) is 1.88. The molecule has 0 aliphatic heterocycles. The quantitative estimate of drug-likeness (QED) is 0.405. The van der Waals surface area contributed by atoms with E-state index < -0.39 is 11.8 Å². The van der Waals surface area contributed by atoms with Gasteiger partial charge in [0, 0.05) is 35.0 Å². The van der Waals surface area contributed by atoms with Crippen LogP contribution in [0.4, 0.5) is 11.4 Å². The van der Waals surface area contributed by atoms with E-state index in [2.05, 4.69) is 26.6 Å². The average Bonchev–Trinajstić information content (AvgIpc) is 2.76. The number of carbonyl (C=O) groups excluding carboxylic acids is 2. The number of hydrogen-bond donors (Lipinski definition) is 2. The number of aryl methyl sites for hydroxylation is 1. The lowest BCUT2D eigenvalue weighted by molar-refractivity contribution is -0.113. The molecular weight excluding hydrogens is 490 g/mol. The highest BCUT2D eigenvalue weighted by molar-refractivity contribution is 9.10. The molecular formula is C25H23BrClN3O2. The Bertz CT molecular complexity index is 1170. The molecule has 0 saturated heterocycles. The lowest BCUT2D eigenvalue weighted by Crippen LogP contribution is -2.31. The van der Waals surface area contributed by atoms with E-state index in [0.717, 1.165) is 16.8 Å². The molecule has 0 saturated carbocycles. The molecule has 3 aromatic carbocycles. The van der Waals surface area contributed by atoms with Crippen LogP contribution in [0.25, 0.3) is 6.08 Å². The number of carbonyl (C=O) groups is 2. The minimum atomic E-state index is -0.456. The van der Waals surface area contributed by atoms with Gasteiger partial charge >= 0.3 is 0 Å². The SMILES string of the molecule is Cc1ccc(NC(=O)/C(=C\c2ccc(N(C)C)cc2)NC(=O)c2ccccc2Br)cc1Cl. The van der Waals surface area contributed by atoms with E-state index in [4.69, 9.17) is 11.6 Å². The largest absolute Gasteiger partial charge is 0.378 e. The maximum absolute atomic E-state index is 13.1. The van der Waals surface area contributed by atoms with Crippen LogP contribution in [0.2, 0.25) is 5.02 Å². The van der Waals surface area contributed by atoms with Gasteiger partial charge in [0.1, 0.15) is 5.70 Å². The van der Waals surface area contributed by atoms with Crippen molar-refractivity contribution in [2.45, 2.75) is 6.92 Å². The van der Waals surface area contributed by atoms with Gasteiger partial charge in [-0.15, -0.1) is 0 Å². The highest BCUT2D eigenvalue weighted by Gasteiger charge is 2.17. The number of anilines is 2. The minimum Gasteiger partial charge on any atom is -0.378 e. The highest BCUT2D eigenvalue weighted by atomic mass is 79.9. The van der Waals surface area contributed by atoms with Gasteiger partial charge in [0.05, 0.1) is 5.56 Å². The van der Waals surface area contributed by atoms with E-state index in [1.165, 1.54) is 0 Å². The van der Waals surface area contributed by atoms with Crippen molar-refractivity contribution >= 4 is 56.8 Å². The first-order valence-corrected chi connectivity index (χ1v) is 11.0. The van der Waals surface area contributed by atoms with Crippen LogP contribution in [0.15, 0.2) is 76.9 Å². The van der Waals surface area contributed by atoms with Crippen LogP contribution in [0.1, 0.15) is 21.5 Å². The summed E-state index contributed by atoms with van der Waals surface area (Å²) in [6, 6.07) is 19.9. The molecule has 2 N–H and O–H groups in total. The number of nitrogens with one attached hydrogen (secondary N) is 2. The van der Waals surface area contributed by atoms with Gasteiger partial charge in [0.25, 0.3) is 11.8 Å².